The Kier molecular flexibility index (Phi) is 7.25. The molecule has 0 aliphatic carbocycles. The van der Waals surface area contributed by atoms with Gasteiger partial charge in [0.2, 0.25) is 0 Å². The lowest BCUT2D eigenvalue weighted by Gasteiger charge is -2.25. The normalized spacial score (nSPS) is 13.7. The van der Waals surface area contributed by atoms with Crippen LogP contribution in [0.3, 0.4) is 0 Å². The van der Waals surface area contributed by atoms with Gasteiger partial charge in [-0.1, -0.05) is 38.1 Å². The van der Waals surface area contributed by atoms with Gasteiger partial charge < -0.3 is 14.8 Å². The van der Waals surface area contributed by atoms with Gasteiger partial charge in [0.05, 0.1) is 23.4 Å². The van der Waals surface area contributed by atoms with Gasteiger partial charge in [-0.3, -0.25) is 19.3 Å². The molecule has 0 radical (unpaired) electrons. The first-order valence-corrected chi connectivity index (χ1v) is 10.5. The third-order valence-corrected chi connectivity index (χ3v) is 4.91. The number of amides is 3. The molecule has 0 saturated carbocycles. The highest BCUT2D eigenvalue weighted by Crippen LogP contribution is 2.27. The SMILES string of the molecule is CCOc1ccccc1NC(=O)COC(=O)[C@H](CC(C)C)N1C(=O)c2ccccc2C1=O. The number of carbonyl (C=O) groups excluding carboxylic acids is 4. The van der Waals surface area contributed by atoms with Crippen molar-refractivity contribution in [2.75, 3.05) is 18.5 Å². The number of ether oxygens (including phenoxy) is 2. The van der Waals surface area contributed by atoms with Crippen LogP contribution in [0.15, 0.2) is 48.5 Å². The predicted molar refractivity (Wildman–Crippen MR) is 117 cm³/mol. The number of esters is 1. The molecule has 3 amide bonds. The minimum atomic E-state index is -1.12. The lowest BCUT2D eigenvalue weighted by molar-refractivity contribution is -0.151. The van der Waals surface area contributed by atoms with E-state index >= 15 is 0 Å². The molecule has 0 aromatic heterocycles. The summed E-state index contributed by atoms with van der Waals surface area (Å²) in [7, 11) is 0. The summed E-state index contributed by atoms with van der Waals surface area (Å²) in [5.74, 6) is -1.94. The van der Waals surface area contributed by atoms with Gasteiger partial charge in [-0.2, -0.15) is 0 Å². The van der Waals surface area contributed by atoms with Gasteiger partial charge in [0.25, 0.3) is 17.7 Å². The van der Waals surface area contributed by atoms with Crippen molar-refractivity contribution in [1.82, 2.24) is 4.90 Å². The molecule has 8 heteroatoms. The summed E-state index contributed by atoms with van der Waals surface area (Å²) in [4.78, 5) is 51.8. The lowest BCUT2D eigenvalue weighted by Crippen LogP contribution is -2.46. The highest BCUT2D eigenvalue weighted by Gasteiger charge is 2.43. The summed E-state index contributed by atoms with van der Waals surface area (Å²) in [6.45, 7) is 5.44. The summed E-state index contributed by atoms with van der Waals surface area (Å²) < 4.78 is 10.7. The second-order valence-electron chi connectivity index (χ2n) is 7.76. The predicted octanol–water partition coefficient (Wildman–Crippen LogP) is 3.28. The maximum Gasteiger partial charge on any atom is 0.329 e. The maximum atomic E-state index is 12.9. The third-order valence-electron chi connectivity index (χ3n) is 4.91. The van der Waals surface area contributed by atoms with Crippen LogP contribution in [0, 0.1) is 5.92 Å². The second-order valence-corrected chi connectivity index (χ2v) is 7.76. The Morgan fingerprint density at radius 3 is 2.16 bits per heavy atom. The van der Waals surface area contributed by atoms with Crippen LogP contribution in [0.2, 0.25) is 0 Å². The first-order chi connectivity index (χ1) is 15.3. The largest absolute Gasteiger partial charge is 0.492 e. The summed E-state index contributed by atoms with van der Waals surface area (Å²) in [6, 6.07) is 12.2. The van der Waals surface area contributed by atoms with E-state index in [0.717, 1.165) is 4.90 Å². The Balaban J connectivity index is 1.69. The van der Waals surface area contributed by atoms with Gasteiger partial charge in [-0.05, 0) is 43.5 Å². The zero-order chi connectivity index (χ0) is 23.3. The number of hydrogen-bond acceptors (Lipinski definition) is 6. The number of anilines is 1. The molecule has 0 unspecified atom stereocenters. The van der Waals surface area contributed by atoms with Crippen LogP contribution in [0.1, 0.15) is 47.9 Å². The van der Waals surface area contributed by atoms with Crippen molar-refractivity contribution in [3.05, 3.63) is 59.7 Å². The zero-order valence-electron chi connectivity index (χ0n) is 18.3. The number of imide groups is 1. The van der Waals surface area contributed by atoms with Crippen LogP contribution in [-0.2, 0) is 14.3 Å². The molecule has 1 heterocycles. The molecule has 1 atom stereocenters. The highest BCUT2D eigenvalue weighted by atomic mass is 16.5. The zero-order valence-corrected chi connectivity index (χ0v) is 18.3. The molecular formula is C24H26N2O6. The van der Waals surface area contributed by atoms with E-state index in [2.05, 4.69) is 5.32 Å². The first kappa shape index (κ1) is 23.0. The van der Waals surface area contributed by atoms with Crippen molar-refractivity contribution in [3.8, 4) is 5.75 Å². The van der Waals surface area contributed by atoms with Crippen molar-refractivity contribution in [2.24, 2.45) is 5.92 Å². The van der Waals surface area contributed by atoms with Gasteiger partial charge in [-0.25, -0.2) is 4.79 Å². The molecule has 1 aliphatic rings. The smallest absolute Gasteiger partial charge is 0.329 e. The minimum absolute atomic E-state index is 0.00348. The third kappa shape index (κ3) is 4.96. The number of rotatable bonds is 9. The summed E-state index contributed by atoms with van der Waals surface area (Å²) >= 11 is 0. The first-order valence-electron chi connectivity index (χ1n) is 10.5. The molecule has 0 saturated heterocycles. The van der Waals surface area contributed by atoms with Gasteiger partial charge in [0, 0.05) is 0 Å². The van der Waals surface area contributed by atoms with Crippen LogP contribution in [-0.4, -0.2) is 47.8 Å². The number of benzene rings is 2. The average molecular weight is 438 g/mol. The van der Waals surface area contributed by atoms with Crippen molar-refractivity contribution in [1.29, 1.82) is 0 Å². The van der Waals surface area contributed by atoms with Crippen LogP contribution in [0.25, 0.3) is 0 Å². The van der Waals surface area contributed by atoms with E-state index in [4.69, 9.17) is 9.47 Å². The van der Waals surface area contributed by atoms with E-state index in [1.165, 1.54) is 0 Å². The summed E-state index contributed by atoms with van der Waals surface area (Å²) in [5.41, 5.74) is 0.961. The Morgan fingerprint density at radius 1 is 0.969 bits per heavy atom. The topological polar surface area (TPSA) is 102 Å². The van der Waals surface area contributed by atoms with Crippen LogP contribution < -0.4 is 10.1 Å². The van der Waals surface area contributed by atoms with E-state index in [-0.39, 0.29) is 23.5 Å². The number of carbonyl (C=O) groups is 4. The molecule has 8 nitrogen and oxygen atoms in total. The maximum absolute atomic E-state index is 12.9. The Hall–Kier alpha value is -3.68. The van der Waals surface area contributed by atoms with Crippen molar-refractivity contribution < 1.29 is 28.7 Å². The monoisotopic (exact) mass is 438 g/mol. The van der Waals surface area contributed by atoms with Crippen molar-refractivity contribution in [2.45, 2.75) is 33.2 Å². The van der Waals surface area contributed by atoms with E-state index in [1.807, 2.05) is 20.8 Å². The van der Waals surface area contributed by atoms with Gasteiger partial charge >= 0.3 is 5.97 Å². The minimum Gasteiger partial charge on any atom is -0.492 e. The summed E-state index contributed by atoms with van der Waals surface area (Å²) in [5, 5.41) is 2.64. The fourth-order valence-electron chi connectivity index (χ4n) is 3.51. The average Bonchev–Trinajstić information content (AvgIpc) is 3.02. The highest BCUT2D eigenvalue weighted by molar-refractivity contribution is 6.22. The molecule has 0 bridgehead atoms. The summed E-state index contributed by atoms with van der Waals surface area (Å²) in [6.07, 6.45) is 0.221. The molecule has 32 heavy (non-hydrogen) atoms. The molecule has 2 aromatic carbocycles. The second kappa shape index (κ2) is 10.1. The van der Waals surface area contributed by atoms with E-state index in [1.54, 1.807) is 48.5 Å². The standard InChI is InChI=1S/C24H26N2O6/c1-4-31-20-12-8-7-11-18(20)25-21(27)14-32-24(30)19(13-15(2)3)26-22(28)16-9-5-6-10-17(16)23(26)29/h5-12,15,19H,4,13-14H2,1-3H3,(H,25,27)/t19-/m0/s1. The Morgan fingerprint density at radius 2 is 1.56 bits per heavy atom. The molecule has 1 N–H and O–H groups in total. The molecule has 2 aromatic rings. The van der Waals surface area contributed by atoms with Gasteiger partial charge in [0.15, 0.2) is 6.61 Å². The molecule has 1 aliphatic heterocycles. The number of nitrogens with zero attached hydrogens (tertiary/aromatic N) is 1. The molecule has 0 spiro atoms. The Labute approximate surface area is 186 Å². The van der Waals surface area contributed by atoms with E-state index in [9.17, 15) is 19.2 Å². The number of hydrogen-bond donors (Lipinski definition) is 1. The van der Waals surface area contributed by atoms with Crippen molar-refractivity contribution >= 4 is 29.4 Å². The Bertz CT molecular complexity index is 998. The van der Waals surface area contributed by atoms with Crippen molar-refractivity contribution in [3.63, 3.8) is 0 Å². The lowest BCUT2D eigenvalue weighted by atomic mass is 10.0. The molecule has 3 rings (SSSR count). The molecule has 168 valence electrons. The molecule has 0 fully saturated rings. The molecular weight excluding hydrogens is 412 g/mol. The van der Waals surface area contributed by atoms with Crippen LogP contribution >= 0.6 is 0 Å². The fraction of sp³-hybridized carbons (Fsp3) is 0.333. The van der Waals surface area contributed by atoms with E-state index < -0.39 is 36.3 Å². The van der Waals surface area contributed by atoms with Gasteiger partial charge in [0.1, 0.15) is 11.8 Å². The van der Waals surface area contributed by atoms with E-state index in [0.29, 0.717) is 18.0 Å². The number of nitrogens with one attached hydrogen (secondary N) is 1. The van der Waals surface area contributed by atoms with Gasteiger partial charge in [-0.15, -0.1) is 0 Å². The quantitative estimate of drug-likeness (QED) is 0.476. The number of fused-ring (bicyclic) bond motifs is 1. The fourth-order valence-corrected chi connectivity index (χ4v) is 3.51. The number of para-hydroxylation sites is 2. The van der Waals surface area contributed by atoms with Crippen LogP contribution in [0.4, 0.5) is 5.69 Å². The van der Waals surface area contributed by atoms with Crippen LogP contribution in [0.5, 0.6) is 5.75 Å².